The third-order valence-corrected chi connectivity index (χ3v) is 2.36. The van der Waals surface area contributed by atoms with Crippen LogP contribution in [0.5, 0.6) is 0 Å². The molecule has 0 aliphatic heterocycles. The molecule has 0 fully saturated rings. The fourth-order valence-corrected chi connectivity index (χ4v) is 1.41. The Hall–Kier alpha value is -1.89. The first kappa shape index (κ1) is 13.2. The van der Waals surface area contributed by atoms with Crippen molar-refractivity contribution in [2.75, 3.05) is 6.26 Å². The van der Waals surface area contributed by atoms with Gasteiger partial charge in [-0.2, -0.15) is 0 Å². The molecule has 0 aliphatic rings. The van der Waals surface area contributed by atoms with Crippen LogP contribution in [-0.2, 0) is 4.79 Å². The smallest absolute Gasteiger partial charge is 0.355 e. The molecule has 1 heterocycles. The molecule has 1 aromatic heterocycles. The van der Waals surface area contributed by atoms with E-state index >= 15 is 0 Å². The minimum Gasteiger partial charge on any atom is -0.476 e. The average molecular weight is 253 g/mol. The zero-order valence-electron chi connectivity index (χ0n) is 9.08. The Kier molecular flexibility index (Phi) is 4.65. The lowest BCUT2D eigenvalue weighted by atomic mass is 10.2. The number of carbonyl (C=O) groups excluding carboxylic acids is 1. The van der Waals surface area contributed by atoms with Crippen molar-refractivity contribution in [3.8, 4) is 0 Å². The van der Waals surface area contributed by atoms with E-state index in [1.165, 1.54) is 30.1 Å². The van der Waals surface area contributed by atoms with Crippen molar-refractivity contribution in [3.05, 3.63) is 23.5 Å². The number of thioether (sulfide) groups is 1. The number of carboxylic acids is 1. The van der Waals surface area contributed by atoms with Crippen LogP contribution in [0.3, 0.4) is 0 Å². The van der Waals surface area contributed by atoms with Crippen LogP contribution in [0.4, 0.5) is 0 Å². The quantitative estimate of drug-likeness (QED) is 0.593. The predicted octanol–water partition coefficient (Wildman–Crippen LogP) is 0.785. The van der Waals surface area contributed by atoms with Crippen LogP contribution in [0.2, 0.25) is 0 Å². The van der Waals surface area contributed by atoms with E-state index in [9.17, 15) is 9.59 Å². The number of amides is 1. The highest BCUT2D eigenvalue weighted by Crippen LogP contribution is 2.13. The number of carbonyl (C=O) groups is 2. The minimum atomic E-state index is -1.14. The van der Waals surface area contributed by atoms with E-state index in [1.807, 2.05) is 0 Å². The molecule has 90 valence electrons. The summed E-state index contributed by atoms with van der Waals surface area (Å²) in [6.07, 6.45) is 6.15. The number of nitrogens with two attached hydrogens (primary N) is 1. The summed E-state index contributed by atoms with van der Waals surface area (Å²) in [4.78, 5) is 29.3. The standard InChI is InChI=1S/C10H11N3O3S/c1-17-10-12-5-6(3-2-4-7(11)14)8(13-10)9(15)16/h2-3,5H,4H2,1H3,(H2,11,14)(H,15,16). The van der Waals surface area contributed by atoms with Crippen LogP contribution in [0, 0.1) is 0 Å². The van der Waals surface area contributed by atoms with Crippen molar-refractivity contribution >= 4 is 29.7 Å². The first-order chi connectivity index (χ1) is 8.04. The fourth-order valence-electron chi connectivity index (χ4n) is 1.07. The maximum absolute atomic E-state index is 11.0. The van der Waals surface area contributed by atoms with Gasteiger partial charge >= 0.3 is 5.97 Å². The summed E-state index contributed by atoms with van der Waals surface area (Å²) < 4.78 is 0. The van der Waals surface area contributed by atoms with Crippen LogP contribution in [-0.4, -0.2) is 33.2 Å². The second-order valence-electron chi connectivity index (χ2n) is 3.04. The number of carboxylic acid groups (broad SMARTS) is 1. The molecule has 0 unspecified atom stereocenters. The van der Waals surface area contributed by atoms with Gasteiger partial charge in [-0.1, -0.05) is 23.9 Å². The largest absolute Gasteiger partial charge is 0.476 e. The highest BCUT2D eigenvalue weighted by Gasteiger charge is 2.11. The highest BCUT2D eigenvalue weighted by atomic mass is 32.2. The van der Waals surface area contributed by atoms with Crippen LogP contribution < -0.4 is 5.73 Å². The summed E-state index contributed by atoms with van der Waals surface area (Å²) in [5, 5.41) is 9.35. The van der Waals surface area contributed by atoms with E-state index in [0.717, 1.165) is 0 Å². The van der Waals surface area contributed by atoms with Gasteiger partial charge in [0.1, 0.15) is 0 Å². The third kappa shape index (κ3) is 3.87. The summed E-state index contributed by atoms with van der Waals surface area (Å²) in [7, 11) is 0. The van der Waals surface area contributed by atoms with Gasteiger partial charge in [-0.25, -0.2) is 14.8 Å². The number of hydrogen-bond acceptors (Lipinski definition) is 5. The van der Waals surface area contributed by atoms with Crippen molar-refractivity contribution in [3.63, 3.8) is 0 Å². The molecule has 0 radical (unpaired) electrons. The Labute approximate surface area is 102 Å². The maximum Gasteiger partial charge on any atom is 0.355 e. The molecular formula is C10H11N3O3S. The number of aromatic carboxylic acids is 1. The average Bonchev–Trinajstić information content (AvgIpc) is 2.28. The zero-order chi connectivity index (χ0) is 12.8. The monoisotopic (exact) mass is 253 g/mol. The Morgan fingerprint density at radius 1 is 1.59 bits per heavy atom. The van der Waals surface area contributed by atoms with Crippen LogP contribution in [0.15, 0.2) is 17.4 Å². The minimum absolute atomic E-state index is 0.0450. The third-order valence-electron chi connectivity index (χ3n) is 1.80. The molecule has 0 saturated heterocycles. The summed E-state index contributed by atoms with van der Waals surface area (Å²) in [5.41, 5.74) is 5.21. The molecule has 0 bridgehead atoms. The van der Waals surface area contributed by atoms with E-state index in [0.29, 0.717) is 10.7 Å². The first-order valence-electron chi connectivity index (χ1n) is 4.63. The molecule has 0 spiro atoms. The number of nitrogens with zero attached hydrogens (tertiary/aromatic N) is 2. The van der Waals surface area contributed by atoms with Gasteiger partial charge in [-0.15, -0.1) is 0 Å². The predicted molar refractivity (Wildman–Crippen MR) is 63.6 cm³/mol. The second kappa shape index (κ2) is 6.00. The summed E-state index contributed by atoms with van der Waals surface area (Å²) in [6, 6.07) is 0. The van der Waals surface area contributed by atoms with Crippen LogP contribution in [0.25, 0.3) is 6.08 Å². The summed E-state index contributed by atoms with van der Waals surface area (Å²) in [5.74, 6) is -1.62. The van der Waals surface area contributed by atoms with E-state index < -0.39 is 11.9 Å². The first-order valence-corrected chi connectivity index (χ1v) is 5.86. The molecule has 0 atom stereocenters. The van der Waals surface area contributed by atoms with Gasteiger partial charge in [0, 0.05) is 18.2 Å². The lowest BCUT2D eigenvalue weighted by Crippen LogP contribution is -2.08. The molecule has 0 aliphatic carbocycles. The van der Waals surface area contributed by atoms with E-state index in [1.54, 1.807) is 6.26 Å². The highest BCUT2D eigenvalue weighted by molar-refractivity contribution is 7.98. The van der Waals surface area contributed by atoms with Crippen molar-refractivity contribution in [2.45, 2.75) is 11.6 Å². The Morgan fingerprint density at radius 3 is 2.82 bits per heavy atom. The molecule has 3 N–H and O–H groups in total. The normalized spacial score (nSPS) is 10.6. The summed E-state index contributed by atoms with van der Waals surface area (Å²) >= 11 is 1.25. The maximum atomic E-state index is 11.0. The molecule has 6 nitrogen and oxygen atoms in total. The van der Waals surface area contributed by atoms with Crippen LogP contribution >= 0.6 is 11.8 Å². The number of primary amides is 1. The van der Waals surface area contributed by atoms with Gasteiger partial charge in [0.2, 0.25) is 5.91 Å². The molecule has 1 aromatic rings. The van der Waals surface area contributed by atoms with Gasteiger partial charge < -0.3 is 10.8 Å². The fraction of sp³-hybridized carbons (Fsp3) is 0.200. The molecule has 7 heteroatoms. The molecule has 17 heavy (non-hydrogen) atoms. The molecule has 1 amide bonds. The summed E-state index contributed by atoms with van der Waals surface area (Å²) in [6.45, 7) is 0. The van der Waals surface area contributed by atoms with Gasteiger partial charge in [-0.3, -0.25) is 4.79 Å². The van der Waals surface area contributed by atoms with Gasteiger partial charge in [0.15, 0.2) is 10.9 Å². The van der Waals surface area contributed by atoms with Crippen molar-refractivity contribution in [1.29, 1.82) is 0 Å². The number of aromatic nitrogens is 2. The van der Waals surface area contributed by atoms with Gasteiger partial charge in [0.05, 0.1) is 0 Å². The van der Waals surface area contributed by atoms with Gasteiger partial charge in [-0.05, 0) is 6.26 Å². The Balaban J connectivity index is 3.02. The zero-order valence-corrected chi connectivity index (χ0v) is 9.90. The van der Waals surface area contributed by atoms with E-state index in [2.05, 4.69) is 9.97 Å². The Bertz CT molecular complexity index is 474. The number of rotatable bonds is 5. The van der Waals surface area contributed by atoms with Crippen LogP contribution in [0.1, 0.15) is 22.5 Å². The molecule has 1 rings (SSSR count). The lowest BCUT2D eigenvalue weighted by molar-refractivity contribution is -0.117. The van der Waals surface area contributed by atoms with E-state index in [-0.39, 0.29) is 12.1 Å². The SMILES string of the molecule is CSc1ncc(C=CCC(N)=O)c(C(=O)O)n1. The van der Waals surface area contributed by atoms with E-state index in [4.69, 9.17) is 10.8 Å². The molecule has 0 saturated carbocycles. The number of hydrogen-bond donors (Lipinski definition) is 2. The molecule has 0 aromatic carbocycles. The second-order valence-corrected chi connectivity index (χ2v) is 3.81. The van der Waals surface area contributed by atoms with Crippen molar-refractivity contribution in [1.82, 2.24) is 9.97 Å². The Morgan fingerprint density at radius 2 is 2.29 bits per heavy atom. The van der Waals surface area contributed by atoms with Gasteiger partial charge in [0.25, 0.3) is 0 Å². The van der Waals surface area contributed by atoms with Crippen molar-refractivity contribution < 1.29 is 14.7 Å². The lowest BCUT2D eigenvalue weighted by Gasteiger charge is -2.01. The topological polar surface area (TPSA) is 106 Å². The molecular weight excluding hydrogens is 242 g/mol. The van der Waals surface area contributed by atoms with Crippen molar-refractivity contribution in [2.24, 2.45) is 5.73 Å².